The number of esters is 1. The molecule has 0 N–H and O–H groups in total. The molecule has 0 spiro atoms. The second-order valence-electron chi connectivity index (χ2n) is 4.36. The number of carbonyl (C=O) groups excluding carboxylic acids is 2. The summed E-state index contributed by atoms with van der Waals surface area (Å²) in [7, 11) is 0. The lowest BCUT2D eigenvalue weighted by atomic mass is 10.0. The van der Waals surface area contributed by atoms with Crippen LogP contribution in [0.5, 0.6) is 0 Å². The lowest BCUT2D eigenvalue weighted by Gasteiger charge is -2.18. The number of aldehydes is 1. The molecule has 2 aromatic carbocycles. The molecule has 0 aliphatic carbocycles. The maximum absolute atomic E-state index is 11.9. The molecule has 5 nitrogen and oxygen atoms in total. The van der Waals surface area contributed by atoms with Gasteiger partial charge in [0, 0.05) is 0 Å². The number of oxime groups is 1. The molecule has 0 unspecified atom stereocenters. The third kappa shape index (κ3) is 4.56. The van der Waals surface area contributed by atoms with Crippen molar-refractivity contribution in [1.29, 1.82) is 0 Å². The molecule has 112 valence electrons. The standard InChI is InChI=1S/C17H15NO4/c19-12-11-18-21-13-16(20)22-17(14-7-3-1-4-8-14)15-9-5-2-6-10-15/h1-12,17H,13H2. The van der Waals surface area contributed by atoms with E-state index in [0.29, 0.717) is 6.29 Å². The number of carbonyl (C=O) groups is 2. The highest BCUT2D eigenvalue weighted by Crippen LogP contribution is 2.25. The zero-order chi connectivity index (χ0) is 15.6. The van der Waals surface area contributed by atoms with E-state index in [9.17, 15) is 9.59 Å². The minimum Gasteiger partial charge on any atom is -0.450 e. The summed E-state index contributed by atoms with van der Waals surface area (Å²) in [5.74, 6) is -0.569. The molecule has 0 aromatic heterocycles. The van der Waals surface area contributed by atoms with E-state index in [2.05, 4.69) is 9.99 Å². The number of rotatable bonds is 7. The van der Waals surface area contributed by atoms with Crippen molar-refractivity contribution in [1.82, 2.24) is 0 Å². The fourth-order valence-electron chi connectivity index (χ4n) is 1.91. The van der Waals surface area contributed by atoms with Crippen molar-refractivity contribution in [2.45, 2.75) is 6.10 Å². The van der Waals surface area contributed by atoms with Crippen molar-refractivity contribution in [3.63, 3.8) is 0 Å². The average molecular weight is 297 g/mol. The Hall–Kier alpha value is -2.95. The fourth-order valence-corrected chi connectivity index (χ4v) is 1.91. The second-order valence-corrected chi connectivity index (χ2v) is 4.36. The maximum Gasteiger partial charge on any atom is 0.347 e. The zero-order valence-corrected chi connectivity index (χ0v) is 11.8. The molecule has 0 aliphatic heterocycles. The molecular weight excluding hydrogens is 282 g/mol. The minimum absolute atomic E-state index is 0.361. The van der Waals surface area contributed by atoms with Crippen molar-refractivity contribution in [2.75, 3.05) is 6.61 Å². The van der Waals surface area contributed by atoms with E-state index in [1.807, 2.05) is 60.7 Å². The number of benzene rings is 2. The molecule has 0 heterocycles. The summed E-state index contributed by atoms with van der Waals surface area (Å²) >= 11 is 0. The molecule has 0 fully saturated rings. The summed E-state index contributed by atoms with van der Waals surface area (Å²) in [5, 5.41) is 3.29. The minimum atomic E-state index is -0.569. The van der Waals surface area contributed by atoms with Crippen molar-refractivity contribution < 1.29 is 19.2 Å². The average Bonchev–Trinajstić information content (AvgIpc) is 2.58. The Labute approximate surface area is 128 Å². The van der Waals surface area contributed by atoms with Crippen LogP contribution in [0.15, 0.2) is 65.8 Å². The SMILES string of the molecule is O=CC=NOCC(=O)OC(c1ccccc1)c1ccccc1. The molecule has 0 aliphatic rings. The molecule has 2 rings (SSSR count). The van der Waals surface area contributed by atoms with Gasteiger partial charge in [-0.15, -0.1) is 0 Å². The Morgan fingerprint density at radius 2 is 1.55 bits per heavy atom. The second kappa shape index (κ2) is 8.36. The van der Waals surface area contributed by atoms with Crippen LogP contribution in [-0.4, -0.2) is 25.1 Å². The van der Waals surface area contributed by atoms with Gasteiger partial charge in [-0.05, 0) is 11.1 Å². The fraction of sp³-hybridized carbons (Fsp3) is 0.118. The summed E-state index contributed by atoms with van der Waals surface area (Å²) in [6, 6.07) is 18.8. The molecular formula is C17H15NO4. The molecule has 0 saturated heterocycles. The van der Waals surface area contributed by atoms with Gasteiger partial charge in [0.2, 0.25) is 6.61 Å². The van der Waals surface area contributed by atoms with E-state index in [0.717, 1.165) is 17.3 Å². The van der Waals surface area contributed by atoms with Crippen LogP contribution in [-0.2, 0) is 19.2 Å². The monoisotopic (exact) mass is 297 g/mol. The highest BCUT2D eigenvalue weighted by Gasteiger charge is 2.18. The van der Waals surface area contributed by atoms with Gasteiger partial charge >= 0.3 is 5.97 Å². The quantitative estimate of drug-likeness (QED) is 0.341. The first kappa shape index (κ1) is 15.4. The van der Waals surface area contributed by atoms with Gasteiger partial charge in [0.15, 0.2) is 12.4 Å². The van der Waals surface area contributed by atoms with E-state index in [1.165, 1.54) is 0 Å². The Balaban J connectivity index is 2.10. The molecule has 0 atom stereocenters. The van der Waals surface area contributed by atoms with E-state index >= 15 is 0 Å². The van der Waals surface area contributed by atoms with Gasteiger partial charge in [-0.25, -0.2) is 4.79 Å². The summed E-state index contributed by atoms with van der Waals surface area (Å²) in [6.45, 7) is -0.361. The third-order valence-electron chi connectivity index (χ3n) is 2.83. The first-order valence-electron chi connectivity index (χ1n) is 6.69. The van der Waals surface area contributed by atoms with Gasteiger partial charge < -0.3 is 9.57 Å². The van der Waals surface area contributed by atoms with Crippen molar-refractivity contribution in [3.8, 4) is 0 Å². The van der Waals surface area contributed by atoms with Gasteiger partial charge in [-0.1, -0.05) is 65.8 Å². The highest BCUT2D eigenvalue weighted by atomic mass is 16.7. The molecule has 0 saturated carbocycles. The van der Waals surface area contributed by atoms with Gasteiger partial charge in [-0.2, -0.15) is 0 Å². The first-order valence-corrected chi connectivity index (χ1v) is 6.69. The van der Waals surface area contributed by atoms with Crippen LogP contribution in [0.25, 0.3) is 0 Å². The van der Waals surface area contributed by atoms with E-state index in [-0.39, 0.29) is 6.61 Å². The zero-order valence-electron chi connectivity index (χ0n) is 11.8. The third-order valence-corrected chi connectivity index (χ3v) is 2.83. The summed E-state index contributed by atoms with van der Waals surface area (Å²) < 4.78 is 5.48. The molecule has 2 aromatic rings. The smallest absolute Gasteiger partial charge is 0.347 e. The van der Waals surface area contributed by atoms with Crippen LogP contribution in [0, 0.1) is 0 Å². The Bertz CT molecular complexity index is 586. The largest absolute Gasteiger partial charge is 0.450 e. The van der Waals surface area contributed by atoms with Gasteiger partial charge in [0.25, 0.3) is 0 Å². The predicted octanol–water partition coefficient (Wildman–Crippen LogP) is 2.52. The van der Waals surface area contributed by atoms with Crippen molar-refractivity contribution in [2.24, 2.45) is 5.16 Å². The number of hydrogen-bond acceptors (Lipinski definition) is 5. The summed E-state index contributed by atoms with van der Waals surface area (Å²) in [6.07, 6.45) is 0.856. The van der Waals surface area contributed by atoms with Crippen LogP contribution in [0.3, 0.4) is 0 Å². The molecule has 5 heteroatoms. The van der Waals surface area contributed by atoms with Crippen molar-refractivity contribution in [3.05, 3.63) is 71.8 Å². The van der Waals surface area contributed by atoms with Crippen molar-refractivity contribution >= 4 is 18.5 Å². The lowest BCUT2D eigenvalue weighted by Crippen LogP contribution is -2.16. The highest BCUT2D eigenvalue weighted by molar-refractivity contribution is 6.12. The van der Waals surface area contributed by atoms with Crippen LogP contribution >= 0.6 is 0 Å². The van der Waals surface area contributed by atoms with Gasteiger partial charge in [0.05, 0.1) is 0 Å². The van der Waals surface area contributed by atoms with Gasteiger partial charge in [0.1, 0.15) is 6.21 Å². The first-order chi connectivity index (χ1) is 10.8. The number of hydrogen-bond donors (Lipinski definition) is 0. The molecule has 0 bridgehead atoms. The maximum atomic E-state index is 11.9. The lowest BCUT2D eigenvalue weighted by molar-refractivity contribution is -0.152. The predicted molar refractivity (Wildman–Crippen MR) is 81.3 cm³/mol. The number of nitrogens with zero attached hydrogens (tertiary/aromatic N) is 1. The topological polar surface area (TPSA) is 65.0 Å². The Kier molecular flexibility index (Phi) is 5.87. The normalized spacial score (nSPS) is 10.6. The van der Waals surface area contributed by atoms with Crippen LogP contribution in [0.2, 0.25) is 0 Å². The Morgan fingerprint density at radius 3 is 2.05 bits per heavy atom. The molecule has 22 heavy (non-hydrogen) atoms. The Morgan fingerprint density at radius 1 is 1.00 bits per heavy atom. The van der Waals surface area contributed by atoms with Crippen LogP contribution in [0.1, 0.15) is 17.2 Å². The van der Waals surface area contributed by atoms with Crippen LogP contribution in [0.4, 0.5) is 0 Å². The van der Waals surface area contributed by atoms with Crippen LogP contribution < -0.4 is 0 Å². The molecule has 0 radical (unpaired) electrons. The van der Waals surface area contributed by atoms with E-state index in [1.54, 1.807) is 0 Å². The summed E-state index contributed by atoms with van der Waals surface area (Å²) in [5.41, 5.74) is 1.72. The van der Waals surface area contributed by atoms with Gasteiger partial charge in [-0.3, -0.25) is 4.79 Å². The van der Waals surface area contributed by atoms with E-state index in [4.69, 9.17) is 4.74 Å². The van der Waals surface area contributed by atoms with E-state index < -0.39 is 12.1 Å². The number of ether oxygens (including phenoxy) is 1. The molecule has 0 amide bonds. The summed E-state index contributed by atoms with van der Waals surface area (Å²) in [4.78, 5) is 26.6.